The molecule has 1 nitrogen and oxygen atoms in total. The summed E-state index contributed by atoms with van der Waals surface area (Å²) in [7, 11) is 2.15. The lowest BCUT2D eigenvalue weighted by molar-refractivity contribution is 0.255. The number of piperidine rings is 1. The van der Waals surface area contributed by atoms with Crippen LogP contribution in [0.4, 0.5) is 4.39 Å². The SMILES string of the molecule is Cc1cc(F)cc(C2CCN(C)CC2)c1. The van der Waals surface area contributed by atoms with E-state index in [1.165, 1.54) is 5.56 Å². The molecule has 1 aromatic rings. The van der Waals surface area contributed by atoms with Crippen molar-refractivity contribution in [2.45, 2.75) is 25.7 Å². The zero-order valence-electron chi connectivity index (χ0n) is 9.46. The molecule has 0 spiro atoms. The number of likely N-dealkylation sites (tertiary alicyclic amines) is 1. The molecule has 0 bridgehead atoms. The number of nitrogens with zero attached hydrogens (tertiary/aromatic N) is 1. The molecule has 15 heavy (non-hydrogen) atoms. The number of rotatable bonds is 1. The van der Waals surface area contributed by atoms with Gasteiger partial charge in [0, 0.05) is 0 Å². The zero-order valence-corrected chi connectivity index (χ0v) is 9.46. The van der Waals surface area contributed by atoms with Crippen LogP contribution in [0.2, 0.25) is 0 Å². The van der Waals surface area contributed by atoms with Gasteiger partial charge in [0.05, 0.1) is 0 Å². The van der Waals surface area contributed by atoms with Crippen LogP contribution in [0.3, 0.4) is 0 Å². The standard InChI is InChI=1S/C13H18FN/c1-10-7-12(9-13(14)8-10)11-3-5-15(2)6-4-11/h7-9,11H,3-6H2,1-2H3. The minimum Gasteiger partial charge on any atom is -0.306 e. The molecule has 0 saturated carbocycles. The molecular formula is C13H18FN. The van der Waals surface area contributed by atoms with Crippen LogP contribution in [0.15, 0.2) is 18.2 Å². The Morgan fingerprint density at radius 1 is 1.20 bits per heavy atom. The van der Waals surface area contributed by atoms with Crippen molar-refractivity contribution in [1.29, 1.82) is 0 Å². The summed E-state index contributed by atoms with van der Waals surface area (Å²) in [5.41, 5.74) is 2.21. The van der Waals surface area contributed by atoms with E-state index in [4.69, 9.17) is 0 Å². The van der Waals surface area contributed by atoms with E-state index in [9.17, 15) is 4.39 Å². The van der Waals surface area contributed by atoms with Crippen LogP contribution in [0, 0.1) is 12.7 Å². The second-order valence-corrected chi connectivity index (χ2v) is 4.64. The molecule has 0 aliphatic carbocycles. The van der Waals surface area contributed by atoms with Crippen molar-refractivity contribution >= 4 is 0 Å². The summed E-state index contributed by atoms with van der Waals surface area (Å²) >= 11 is 0. The van der Waals surface area contributed by atoms with Crippen molar-refractivity contribution in [2.75, 3.05) is 20.1 Å². The van der Waals surface area contributed by atoms with Gasteiger partial charge >= 0.3 is 0 Å². The van der Waals surface area contributed by atoms with Crippen LogP contribution in [0.25, 0.3) is 0 Å². The molecule has 82 valence electrons. The maximum atomic E-state index is 13.2. The predicted molar refractivity (Wildman–Crippen MR) is 60.6 cm³/mol. The highest BCUT2D eigenvalue weighted by Gasteiger charge is 2.18. The minimum atomic E-state index is -0.0936. The molecule has 0 unspecified atom stereocenters. The van der Waals surface area contributed by atoms with Gasteiger partial charge in [0.2, 0.25) is 0 Å². The van der Waals surface area contributed by atoms with Crippen LogP contribution in [0.5, 0.6) is 0 Å². The van der Waals surface area contributed by atoms with Gasteiger partial charge in [0.25, 0.3) is 0 Å². The van der Waals surface area contributed by atoms with Gasteiger partial charge in [0.1, 0.15) is 5.82 Å². The molecule has 1 aliphatic rings. The first-order chi connectivity index (χ1) is 7.15. The van der Waals surface area contributed by atoms with Crippen LogP contribution in [-0.2, 0) is 0 Å². The molecule has 0 atom stereocenters. The highest BCUT2D eigenvalue weighted by molar-refractivity contribution is 5.27. The minimum absolute atomic E-state index is 0.0936. The van der Waals surface area contributed by atoms with E-state index in [-0.39, 0.29) is 5.82 Å². The molecule has 0 aromatic heterocycles. The molecule has 0 amide bonds. The quantitative estimate of drug-likeness (QED) is 0.684. The topological polar surface area (TPSA) is 3.24 Å². The monoisotopic (exact) mass is 207 g/mol. The van der Waals surface area contributed by atoms with Gasteiger partial charge < -0.3 is 4.90 Å². The largest absolute Gasteiger partial charge is 0.306 e. The first-order valence-corrected chi connectivity index (χ1v) is 5.61. The summed E-state index contributed by atoms with van der Waals surface area (Å²) in [5, 5.41) is 0. The molecule has 2 rings (SSSR count). The summed E-state index contributed by atoms with van der Waals surface area (Å²) in [5.74, 6) is 0.458. The Labute approximate surface area is 90.9 Å². The molecule has 1 heterocycles. The Balaban J connectivity index is 2.15. The zero-order chi connectivity index (χ0) is 10.8. The number of aryl methyl sites for hydroxylation is 1. The number of hydrogen-bond acceptors (Lipinski definition) is 1. The highest BCUT2D eigenvalue weighted by atomic mass is 19.1. The van der Waals surface area contributed by atoms with Crippen LogP contribution < -0.4 is 0 Å². The van der Waals surface area contributed by atoms with Crippen LogP contribution >= 0.6 is 0 Å². The average molecular weight is 207 g/mol. The van der Waals surface area contributed by atoms with E-state index in [1.807, 2.05) is 6.92 Å². The second kappa shape index (κ2) is 4.31. The van der Waals surface area contributed by atoms with E-state index < -0.39 is 0 Å². The average Bonchev–Trinajstić information content (AvgIpc) is 2.17. The van der Waals surface area contributed by atoms with Gasteiger partial charge in [-0.25, -0.2) is 4.39 Å². The third kappa shape index (κ3) is 2.57. The van der Waals surface area contributed by atoms with E-state index in [2.05, 4.69) is 18.0 Å². The van der Waals surface area contributed by atoms with Crippen molar-refractivity contribution in [3.05, 3.63) is 35.1 Å². The van der Waals surface area contributed by atoms with Crippen LogP contribution in [0.1, 0.15) is 29.9 Å². The van der Waals surface area contributed by atoms with Crippen molar-refractivity contribution < 1.29 is 4.39 Å². The fraction of sp³-hybridized carbons (Fsp3) is 0.538. The third-order valence-electron chi connectivity index (χ3n) is 3.25. The molecule has 0 N–H and O–H groups in total. The van der Waals surface area contributed by atoms with Gasteiger partial charge in [0.15, 0.2) is 0 Å². The molecule has 2 heteroatoms. The van der Waals surface area contributed by atoms with Gasteiger partial charge in [-0.2, -0.15) is 0 Å². The van der Waals surface area contributed by atoms with Crippen molar-refractivity contribution in [3.8, 4) is 0 Å². The Morgan fingerprint density at radius 3 is 2.47 bits per heavy atom. The van der Waals surface area contributed by atoms with Gasteiger partial charge in [-0.1, -0.05) is 6.07 Å². The lowest BCUT2D eigenvalue weighted by atomic mass is 9.89. The molecule has 1 aliphatic heterocycles. The predicted octanol–water partition coefficient (Wildman–Crippen LogP) is 2.94. The van der Waals surface area contributed by atoms with Crippen molar-refractivity contribution in [1.82, 2.24) is 4.90 Å². The Morgan fingerprint density at radius 2 is 1.87 bits per heavy atom. The Hall–Kier alpha value is -0.890. The normalized spacial score (nSPS) is 19.4. The maximum Gasteiger partial charge on any atom is 0.123 e. The smallest absolute Gasteiger partial charge is 0.123 e. The Kier molecular flexibility index (Phi) is 3.06. The summed E-state index contributed by atoms with van der Waals surface area (Å²) in [6.07, 6.45) is 2.30. The lowest BCUT2D eigenvalue weighted by Gasteiger charge is -2.29. The summed E-state index contributed by atoms with van der Waals surface area (Å²) in [6, 6.07) is 5.42. The molecule has 1 aromatic carbocycles. The third-order valence-corrected chi connectivity index (χ3v) is 3.25. The summed E-state index contributed by atoms with van der Waals surface area (Å²) in [4.78, 5) is 2.34. The van der Waals surface area contributed by atoms with Gasteiger partial charge in [-0.3, -0.25) is 0 Å². The van der Waals surface area contributed by atoms with Crippen molar-refractivity contribution in [3.63, 3.8) is 0 Å². The lowest BCUT2D eigenvalue weighted by Crippen LogP contribution is -2.29. The van der Waals surface area contributed by atoms with Gasteiger partial charge in [-0.05, 0) is 69.1 Å². The number of hydrogen-bond donors (Lipinski definition) is 0. The number of halogens is 1. The van der Waals surface area contributed by atoms with E-state index >= 15 is 0 Å². The fourth-order valence-corrected chi connectivity index (χ4v) is 2.34. The molecule has 1 fully saturated rings. The molecule has 0 radical (unpaired) electrons. The fourth-order valence-electron chi connectivity index (χ4n) is 2.34. The highest BCUT2D eigenvalue weighted by Crippen LogP contribution is 2.28. The van der Waals surface area contributed by atoms with E-state index in [0.717, 1.165) is 31.5 Å². The maximum absolute atomic E-state index is 13.2. The van der Waals surface area contributed by atoms with Crippen LogP contribution in [-0.4, -0.2) is 25.0 Å². The second-order valence-electron chi connectivity index (χ2n) is 4.64. The Bertz CT molecular complexity index is 320. The molecular weight excluding hydrogens is 189 g/mol. The first-order valence-electron chi connectivity index (χ1n) is 5.61. The summed E-state index contributed by atoms with van der Waals surface area (Å²) < 4.78 is 13.2. The van der Waals surface area contributed by atoms with E-state index in [0.29, 0.717) is 5.92 Å². The van der Waals surface area contributed by atoms with Gasteiger partial charge in [-0.15, -0.1) is 0 Å². The first kappa shape index (κ1) is 10.6. The number of benzene rings is 1. The van der Waals surface area contributed by atoms with Crippen molar-refractivity contribution in [2.24, 2.45) is 0 Å². The van der Waals surface area contributed by atoms with E-state index in [1.54, 1.807) is 12.1 Å². The molecule has 1 saturated heterocycles. The summed E-state index contributed by atoms with van der Waals surface area (Å²) in [6.45, 7) is 4.21.